The zero-order valence-electron chi connectivity index (χ0n) is 8.56. The lowest BCUT2D eigenvalue weighted by molar-refractivity contribution is -0.126. The van der Waals surface area contributed by atoms with Crippen LogP contribution in [-0.4, -0.2) is 41.4 Å². The Morgan fingerprint density at radius 1 is 1.67 bits per heavy atom. The van der Waals surface area contributed by atoms with Crippen LogP contribution in [0.15, 0.2) is 12.3 Å². The number of hydrogen-bond donors (Lipinski definition) is 1. The van der Waals surface area contributed by atoms with E-state index in [1.807, 2.05) is 6.07 Å². The lowest BCUT2D eigenvalue weighted by Crippen LogP contribution is -2.29. The van der Waals surface area contributed by atoms with Crippen LogP contribution in [0.4, 0.5) is 5.95 Å². The maximum absolute atomic E-state index is 11.2. The molecule has 0 atom stereocenters. The minimum atomic E-state index is -0.0824. The predicted octanol–water partition coefficient (Wildman–Crippen LogP) is -0.152. The molecule has 1 aromatic heterocycles. The van der Waals surface area contributed by atoms with E-state index in [0.717, 1.165) is 0 Å². The molecule has 0 spiro atoms. The second kappa shape index (κ2) is 4.91. The summed E-state index contributed by atoms with van der Waals surface area (Å²) in [5.74, 6) is 0.199. The third kappa shape index (κ3) is 3.23. The molecule has 0 aromatic carbocycles. The number of nitrogens with zero attached hydrogens (tertiary/aromatic N) is 4. The molecule has 0 fully saturated rings. The van der Waals surface area contributed by atoms with Gasteiger partial charge in [-0.15, -0.1) is 0 Å². The summed E-state index contributed by atoms with van der Waals surface area (Å²) in [5.41, 5.74) is 0.268. The third-order valence-corrected chi connectivity index (χ3v) is 1.67. The van der Waals surface area contributed by atoms with Crippen LogP contribution in [0.2, 0.25) is 0 Å². The van der Waals surface area contributed by atoms with Gasteiger partial charge in [0.2, 0.25) is 11.9 Å². The second-order valence-corrected chi connectivity index (χ2v) is 3.02. The van der Waals surface area contributed by atoms with E-state index in [2.05, 4.69) is 15.3 Å². The van der Waals surface area contributed by atoms with Crippen molar-refractivity contribution < 1.29 is 4.79 Å². The SMILES string of the molecule is CN(C)C(=O)CNc1nccc(C#N)n1. The Hall–Kier alpha value is -2.16. The molecule has 0 aliphatic carbocycles. The van der Waals surface area contributed by atoms with Gasteiger partial charge in [0.25, 0.3) is 0 Å². The van der Waals surface area contributed by atoms with Gasteiger partial charge < -0.3 is 10.2 Å². The maximum Gasteiger partial charge on any atom is 0.241 e. The average Bonchev–Trinajstić information content (AvgIpc) is 2.26. The van der Waals surface area contributed by atoms with Gasteiger partial charge >= 0.3 is 0 Å². The first kappa shape index (κ1) is 10.9. The van der Waals surface area contributed by atoms with Crippen molar-refractivity contribution in [3.8, 4) is 6.07 Å². The molecule has 0 bridgehead atoms. The van der Waals surface area contributed by atoms with Crippen molar-refractivity contribution in [2.75, 3.05) is 26.0 Å². The zero-order valence-corrected chi connectivity index (χ0v) is 8.56. The van der Waals surface area contributed by atoms with Crippen LogP contribution in [0.3, 0.4) is 0 Å². The van der Waals surface area contributed by atoms with Gasteiger partial charge in [0.05, 0.1) is 6.54 Å². The molecule has 1 rings (SSSR count). The number of aromatic nitrogens is 2. The van der Waals surface area contributed by atoms with E-state index >= 15 is 0 Å². The molecule has 1 aromatic rings. The van der Waals surface area contributed by atoms with Crippen LogP contribution in [0.25, 0.3) is 0 Å². The lowest BCUT2D eigenvalue weighted by atomic mass is 10.4. The van der Waals surface area contributed by atoms with Crippen molar-refractivity contribution in [2.45, 2.75) is 0 Å². The Bertz CT molecular complexity index is 396. The summed E-state index contributed by atoms with van der Waals surface area (Å²) >= 11 is 0. The molecule has 78 valence electrons. The average molecular weight is 205 g/mol. The number of rotatable bonds is 3. The molecule has 0 saturated carbocycles. The number of nitriles is 1. The zero-order chi connectivity index (χ0) is 11.3. The molecule has 0 radical (unpaired) electrons. The summed E-state index contributed by atoms with van der Waals surface area (Å²) in [4.78, 5) is 20.4. The largest absolute Gasteiger partial charge is 0.347 e. The summed E-state index contributed by atoms with van der Waals surface area (Å²) in [6.07, 6.45) is 1.47. The van der Waals surface area contributed by atoms with Gasteiger partial charge in [0, 0.05) is 20.3 Å². The van der Waals surface area contributed by atoms with Crippen LogP contribution in [0.5, 0.6) is 0 Å². The normalized spacial score (nSPS) is 9.13. The van der Waals surface area contributed by atoms with Gasteiger partial charge in [-0.2, -0.15) is 5.26 Å². The first-order valence-corrected chi connectivity index (χ1v) is 4.30. The second-order valence-electron chi connectivity index (χ2n) is 3.02. The highest BCUT2D eigenvalue weighted by Gasteiger charge is 2.04. The molecule has 1 heterocycles. The highest BCUT2D eigenvalue weighted by Crippen LogP contribution is 1.98. The van der Waals surface area contributed by atoms with Gasteiger partial charge in [-0.3, -0.25) is 4.79 Å². The summed E-state index contributed by atoms with van der Waals surface area (Å²) in [6.45, 7) is 0.113. The number of carbonyl (C=O) groups is 1. The molecule has 0 saturated heterocycles. The van der Waals surface area contributed by atoms with Crippen LogP contribution < -0.4 is 5.32 Å². The molecule has 0 aliphatic rings. The van der Waals surface area contributed by atoms with E-state index < -0.39 is 0 Å². The summed E-state index contributed by atoms with van der Waals surface area (Å²) in [5, 5.41) is 11.3. The van der Waals surface area contributed by atoms with Gasteiger partial charge in [0.1, 0.15) is 11.8 Å². The fraction of sp³-hybridized carbons (Fsp3) is 0.333. The Morgan fingerprint density at radius 3 is 3.00 bits per heavy atom. The van der Waals surface area contributed by atoms with Gasteiger partial charge in [-0.1, -0.05) is 0 Å². The number of hydrogen-bond acceptors (Lipinski definition) is 5. The van der Waals surface area contributed by atoms with Crippen LogP contribution in [-0.2, 0) is 4.79 Å². The van der Waals surface area contributed by atoms with Crippen molar-refractivity contribution in [2.24, 2.45) is 0 Å². The van der Waals surface area contributed by atoms with Crippen LogP contribution in [0.1, 0.15) is 5.69 Å². The van der Waals surface area contributed by atoms with E-state index in [1.165, 1.54) is 17.2 Å². The molecular weight excluding hydrogens is 194 g/mol. The highest BCUT2D eigenvalue weighted by molar-refractivity contribution is 5.79. The minimum Gasteiger partial charge on any atom is -0.347 e. The van der Waals surface area contributed by atoms with Gasteiger partial charge in [0.15, 0.2) is 0 Å². The first-order chi connectivity index (χ1) is 7.13. The fourth-order valence-corrected chi connectivity index (χ4v) is 0.819. The Morgan fingerprint density at radius 2 is 2.40 bits per heavy atom. The van der Waals surface area contributed by atoms with Crippen molar-refractivity contribution >= 4 is 11.9 Å². The number of amides is 1. The van der Waals surface area contributed by atoms with Crippen LogP contribution >= 0.6 is 0 Å². The van der Waals surface area contributed by atoms with Crippen molar-refractivity contribution in [3.63, 3.8) is 0 Å². The molecule has 0 unspecified atom stereocenters. The number of nitrogens with one attached hydrogen (secondary N) is 1. The maximum atomic E-state index is 11.2. The van der Waals surface area contributed by atoms with Gasteiger partial charge in [-0.05, 0) is 6.07 Å². The molecule has 1 N–H and O–H groups in total. The quantitative estimate of drug-likeness (QED) is 0.742. The molecule has 0 aliphatic heterocycles. The third-order valence-electron chi connectivity index (χ3n) is 1.67. The van der Waals surface area contributed by atoms with Crippen molar-refractivity contribution in [1.82, 2.24) is 14.9 Å². The smallest absolute Gasteiger partial charge is 0.241 e. The monoisotopic (exact) mass is 205 g/mol. The molecule has 15 heavy (non-hydrogen) atoms. The fourth-order valence-electron chi connectivity index (χ4n) is 0.819. The van der Waals surface area contributed by atoms with E-state index in [0.29, 0.717) is 0 Å². The first-order valence-electron chi connectivity index (χ1n) is 4.30. The summed E-state index contributed by atoms with van der Waals surface area (Å²) in [7, 11) is 3.33. The summed E-state index contributed by atoms with van der Waals surface area (Å²) < 4.78 is 0. The lowest BCUT2D eigenvalue weighted by Gasteiger charge is -2.10. The molecular formula is C9H11N5O. The van der Waals surface area contributed by atoms with Crippen molar-refractivity contribution in [3.05, 3.63) is 18.0 Å². The Labute approximate surface area is 87.6 Å². The standard InChI is InChI=1S/C9H11N5O/c1-14(2)8(15)6-12-9-11-4-3-7(5-10)13-9/h3-4H,6H2,1-2H3,(H,11,12,13). The van der Waals surface area contributed by atoms with E-state index in [-0.39, 0.29) is 24.1 Å². The van der Waals surface area contributed by atoms with E-state index in [9.17, 15) is 4.79 Å². The Kier molecular flexibility index (Phi) is 3.57. The topological polar surface area (TPSA) is 81.9 Å². The Balaban J connectivity index is 2.59. The number of likely N-dealkylation sites (N-methyl/N-ethyl adjacent to an activating group) is 1. The summed E-state index contributed by atoms with van der Waals surface area (Å²) in [6, 6.07) is 3.39. The highest BCUT2D eigenvalue weighted by atomic mass is 16.2. The minimum absolute atomic E-state index is 0.0824. The predicted molar refractivity (Wildman–Crippen MR) is 53.9 cm³/mol. The van der Waals surface area contributed by atoms with E-state index in [4.69, 9.17) is 5.26 Å². The number of anilines is 1. The number of carbonyl (C=O) groups excluding carboxylic acids is 1. The van der Waals surface area contributed by atoms with Gasteiger partial charge in [-0.25, -0.2) is 9.97 Å². The van der Waals surface area contributed by atoms with E-state index in [1.54, 1.807) is 14.1 Å². The molecule has 6 heteroatoms. The molecule has 1 amide bonds. The molecule has 6 nitrogen and oxygen atoms in total. The van der Waals surface area contributed by atoms with Crippen LogP contribution in [0, 0.1) is 11.3 Å². The van der Waals surface area contributed by atoms with Crippen molar-refractivity contribution in [1.29, 1.82) is 5.26 Å².